The molecule has 0 radical (unpaired) electrons. The van der Waals surface area contributed by atoms with Crippen molar-refractivity contribution in [2.24, 2.45) is 0 Å². The molecule has 3 rings (SSSR count). The lowest BCUT2D eigenvalue weighted by Crippen LogP contribution is -2.31. The number of aromatic nitrogens is 4. The summed E-state index contributed by atoms with van der Waals surface area (Å²) < 4.78 is 2.68. The number of thioether (sulfide) groups is 1. The van der Waals surface area contributed by atoms with Crippen LogP contribution in [0.1, 0.15) is 31.3 Å². The van der Waals surface area contributed by atoms with Gasteiger partial charge in [-0.05, 0) is 25.5 Å². The zero-order valence-electron chi connectivity index (χ0n) is 14.9. The first-order valence-electron chi connectivity index (χ1n) is 8.40. The zero-order chi connectivity index (χ0) is 18.7. The molecule has 0 fully saturated rings. The van der Waals surface area contributed by atoms with E-state index in [-0.39, 0.29) is 23.4 Å². The molecule has 138 valence electrons. The molecule has 1 amide bonds. The molecule has 7 nitrogen and oxygen atoms in total. The molecule has 0 unspecified atom stereocenters. The lowest BCUT2D eigenvalue weighted by Gasteiger charge is -2.23. The Morgan fingerprint density at radius 1 is 1.42 bits per heavy atom. The number of carbonyl (C=O) groups excluding carboxylic acids is 1. The van der Waals surface area contributed by atoms with E-state index in [1.165, 1.54) is 11.8 Å². The third-order valence-corrected chi connectivity index (χ3v) is 6.31. The first-order valence-corrected chi connectivity index (χ1v) is 10.2. The first-order chi connectivity index (χ1) is 12.5. The monoisotopic (exact) mass is 391 g/mol. The number of aromatic amines is 1. The molecule has 1 N–H and O–H groups in total. The van der Waals surface area contributed by atoms with Crippen molar-refractivity contribution in [3.8, 4) is 0 Å². The molecule has 1 aromatic carbocycles. The molecule has 0 bridgehead atoms. The third kappa shape index (κ3) is 3.83. The standard InChI is InChI=1S/C17H21N5O2S2/c1-4-9-22-16(24)19-20-17(22)25-10-14(23)21(3)11(2)15-18-12-7-5-6-8-13(12)26-15/h5-8,11H,4,9-10H2,1-3H3,(H,19,24)/t11-/m1/s1. The second-order valence-electron chi connectivity index (χ2n) is 5.95. The normalized spacial score (nSPS) is 12.4. The van der Waals surface area contributed by atoms with Gasteiger partial charge >= 0.3 is 5.69 Å². The Bertz CT molecular complexity index is 928. The number of amides is 1. The van der Waals surface area contributed by atoms with Gasteiger partial charge in [0, 0.05) is 13.6 Å². The van der Waals surface area contributed by atoms with E-state index in [9.17, 15) is 9.59 Å². The van der Waals surface area contributed by atoms with Gasteiger partial charge < -0.3 is 4.90 Å². The average Bonchev–Trinajstić information content (AvgIpc) is 3.23. The van der Waals surface area contributed by atoms with E-state index in [2.05, 4.69) is 15.2 Å². The Balaban J connectivity index is 1.66. The van der Waals surface area contributed by atoms with Crippen molar-refractivity contribution in [3.63, 3.8) is 0 Å². The van der Waals surface area contributed by atoms with Crippen LogP contribution in [0.2, 0.25) is 0 Å². The van der Waals surface area contributed by atoms with E-state index in [0.29, 0.717) is 11.7 Å². The fraction of sp³-hybridized carbons (Fsp3) is 0.412. The van der Waals surface area contributed by atoms with Crippen LogP contribution in [0, 0.1) is 0 Å². The second-order valence-corrected chi connectivity index (χ2v) is 7.96. The highest BCUT2D eigenvalue weighted by molar-refractivity contribution is 7.99. The summed E-state index contributed by atoms with van der Waals surface area (Å²) in [5, 5.41) is 7.91. The molecule has 0 aliphatic heterocycles. The maximum atomic E-state index is 12.6. The smallest absolute Gasteiger partial charge is 0.336 e. The van der Waals surface area contributed by atoms with Crippen LogP contribution >= 0.6 is 23.1 Å². The van der Waals surface area contributed by atoms with Gasteiger partial charge in [-0.3, -0.25) is 9.36 Å². The minimum atomic E-state index is -0.238. The van der Waals surface area contributed by atoms with Crippen LogP contribution < -0.4 is 5.69 Å². The van der Waals surface area contributed by atoms with Crippen LogP contribution in [0.4, 0.5) is 0 Å². The van der Waals surface area contributed by atoms with Gasteiger partial charge in [0.1, 0.15) is 5.01 Å². The summed E-state index contributed by atoms with van der Waals surface area (Å²) in [5.41, 5.74) is 0.715. The number of carbonyl (C=O) groups is 1. The van der Waals surface area contributed by atoms with Crippen LogP contribution in [0.25, 0.3) is 10.2 Å². The predicted molar refractivity (Wildman–Crippen MR) is 105 cm³/mol. The van der Waals surface area contributed by atoms with Gasteiger partial charge in [0.05, 0.1) is 22.0 Å². The van der Waals surface area contributed by atoms with Crippen molar-refractivity contribution >= 4 is 39.2 Å². The highest BCUT2D eigenvalue weighted by atomic mass is 32.2. The number of hydrogen-bond acceptors (Lipinski definition) is 6. The molecule has 1 atom stereocenters. The molecule has 3 aromatic rings. The summed E-state index contributed by atoms with van der Waals surface area (Å²) in [5.74, 6) is 0.194. The summed E-state index contributed by atoms with van der Waals surface area (Å²) in [6.07, 6.45) is 0.829. The van der Waals surface area contributed by atoms with Gasteiger partial charge in [-0.2, -0.15) is 0 Å². The Labute approximate surface area is 159 Å². The number of rotatable bonds is 7. The molecule has 2 heterocycles. The number of nitrogens with zero attached hydrogens (tertiary/aromatic N) is 4. The minimum absolute atomic E-state index is 0.0275. The number of benzene rings is 1. The van der Waals surface area contributed by atoms with Gasteiger partial charge in [0.25, 0.3) is 0 Å². The lowest BCUT2D eigenvalue weighted by atomic mass is 10.3. The SMILES string of the molecule is CCCn1c(SCC(=O)N(C)[C@H](C)c2nc3ccccc3s2)n[nH]c1=O. The number of fused-ring (bicyclic) bond motifs is 1. The van der Waals surface area contributed by atoms with E-state index >= 15 is 0 Å². The van der Waals surface area contributed by atoms with E-state index in [4.69, 9.17) is 0 Å². The Hall–Kier alpha value is -2.13. The highest BCUT2D eigenvalue weighted by Crippen LogP contribution is 2.29. The van der Waals surface area contributed by atoms with Crippen molar-refractivity contribution in [2.45, 2.75) is 38.0 Å². The van der Waals surface area contributed by atoms with Crippen molar-refractivity contribution in [2.75, 3.05) is 12.8 Å². The molecule has 0 aliphatic carbocycles. The van der Waals surface area contributed by atoms with Crippen LogP contribution in [-0.2, 0) is 11.3 Å². The number of H-pyrrole nitrogens is 1. The maximum Gasteiger partial charge on any atom is 0.343 e. The second kappa shape index (κ2) is 8.05. The first kappa shape index (κ1) is 18.7. The molecule has 0 saturated heterocycles. The minimum Gasteiger partial charge on any atom is -0.336 e. The summed E-state index contributed by atoms with van der Waals surface area (Å²) in [6, 6.07) is 7.84. The van der Waals surface area contributed by atoms with E-state index in [0.717, 1.165) is 21.6 Å². The Kier molecular flexibility index (Phi) is 5.77. The Morgan fingerprint density at radius 2 is 2.19 bits per heavy atom. The molecule has 0 spiro atoms. The van der Waals surface area contributed by atoms with Crippen LogP contribution in [-0.4, -0.2) is 43.4 Å². The number of hydrogen-bond donors (Lipinski definition) is 1. The quantitative estimate of drug-likeness (QED) is 0.626. The van der Waals surface area contributed by atoms with Gasteiger partial charge in [-0.25, -0.2) is 14.9 Å². The van der Waals surface area contributed by atoms with Gasteiger partial charge in [0.2, 0.25) is 5.91 Å². The lowest BCUT2D eigenvalue weighted by molar-refractivity contribution is -0.128. The summed E-state index contributed by atoms with van der Waals surface area (Å²) in [7, 11) is 1.78. The van der Waals surface area contributed by atoms with E-state index in [1.807, 2.05) is 38.1 Å². The fourth-order valence-electron chi connectivity index (χ4n) is 2.51. The molecule has 9 heteroatoms. The molecular weight excluding hydrogens is 370 g/mol. The molecule has 0 aliphatic rings. The van der Waals surface area contributed by atoms with Gasteiger partial charge in [-0.1, -0.05) is 30.8 Å². The van der Waals surface area contributed by atoms with Crippen LogP contribution in [0.3, 0.4) is 0 Å². The van der Waals surface area contributed by atoms with Gasteiger partial charge in [0.15, 0.2) is 5.16 Å². The zero-order valence-corrected chi connectivity index (χ0v) is 16.6. The highest BCUT2D eigenvalue weighted by Gasteiger charge is 2.21. The average molecular weight is 392 g/mol. The number of thiazole rings is 1. The van der Waals surface area contributed by atoms with E-state index < -0.39 is 0 Å². The molecule has 26 heavy (non-hydrogen) atoms. The van der Waals surface area contributed by atoms with Crippen LogP contribution in [0.15, 0.2) is 34.2 Å². The molecular formula is C17H21N5O2S2. The topological polar surface area (TPSA) is 83.9 Å². The summed E-state index contributed by atoms with van der Waals surface area (Å²) >= 11 is 2.88. The molecule has 0 saturated carbocycles. The maximum absolute atomic E-state index is 12.6. The summed E-state index contributed by atoms with van der Waals surface area (Å²) in [6.45, 7) is 4.55. The third-order valence-electron chi connectivity index (χ3n) is 4.14. The van der Waals surface area contributed by atoms with Crippen molar-refractivity contribution in [3.05, 3.63) is 39.8 Å². The van der Waals surface area contributed by atoms with Crippen molar-refractivity contribution in [1.82, 2.24) is 24.6 Å². The van der Waals surface area contributed by atoms with Crippen LogP contribution in [0.5, 0.6) is 0 Å². The van der Waals surface area contributed by atoms with Crippen molar-refractivity contribution < 1.29 is 4.79 Å². The fourth-order valence-corrected chi connectivity index (χ4v) is 4.47. The van der Waals surface area contributed by atoms with E-state index in [1.54, 1.807) is 27.9 Å². The van der Waals surface area contributed by atoms with Gasteiger partial charge in [-0.15, -0.1) is 16.4 Å². The Morgan fingerprint density at radius 3 is 2.92 bits per heavy atom. The number of para-hydroxylation sites is 1. The summed E-state index contributed by atoms with van der Waals surface area (Å²) in [4.78, 5) is 30.6. The molecule has 2 aromatic heterocycles. The van der Waals surface area contributed by atoms with Crippen molar-refractivity contribution in [1.29, 1.82) is 0 Å². The number of nitrogens with one attached hydrogen (secondary N) is 1. The predicted octanol–water partition coefficient (Wildman–Crippen LogP) is 2.90. The largest absolute Gasteiger partial charge is 0.343 e.